The summed E-state index contributed by atoms with van der Waals surface area (Å²) in [5.41, 5.74) is 0. The molecular formula is C16H30O4. The van der Waals surface area contributed by atoms with E-state index < -0.39 is 0 Å². The molecule has 0 bridgehead atoms. The maximum Gasteiger partial charge on any atom is 0.0831 e. The van der Waals surface area contributed by atoms with Crippen LogP contribution in [0, 0.1) is 0 Å². The van der Waals surface area contributed by atoms with Crippen molar-refractivity contribution in [2.45, 2.75) is 63.6 Å². The van der Waals surface area contributed by atoms with Crippen LogP contribution in [-0.2, 0) is 18.9 Å². The van der Waals surface area contributed by atoms with Crippen LogP contribution < -0.4 is 0 Å². The Morgan fingerprint density at radius 1 is 0.600 bits per heavy atom. The third-order valence-corrected chi connectivity index (χ3v) is 3.80. The Bertz CT molecular complexity index is 203. The molecule has 2 rings (SSSR count). The van der Waals surface area contributed by atoms with Gasteiger partial charge in [0.25, 0.3) is 0 Å². The highest BCUT2D eigenvalue weighted by atomic mass is 16.6. The first kappa shape index (κ1) is 16.2. The van der Waals surface area contributed by atoms with E-state index in [1.807, 2.05) is 0 Å². The van der Waals surface area contributed by atoms with Gasteiger partial charge >= 0.3 is 0 Å². The first-order chi connectivity index (χ1) is 9.95. The van der Waals surface area contributed by atoms with Crippen molar-refractivity contribution in [1.29, 1.82) is 0 Å². The zero-order valence-electron chi connectivity index (χ0n) is 12.7. The van der Waals surface area contributed by atoms with Crippen molar-refractivity contribution < 1.29 is 18.9 Å². The molecule has 0 spiro atoms. The van der Waals surface area contributed by atoms with Crippen molar-refractivity contribution in [2.75, 3.05) is 39.6 Å². The standard InChI is InChI=1S/C16H30O4/c1(3-5-9-17-11-7-15-13-19-15)2-4-6-10-18-12-8-16-14-20-16/h15-16H,1-14H2. The van der Waals surface area contributed by atoms with Crippen LogP contribution in [0.3, 0.4) is 0 Å². The molecule has 118 valence electrons. The van der Waals surface area contributed by atoms with Crippen LogP contribution in [0.15, 0.2) is 0 Å². The number of ether oxygens (including phenoxy) is 4. The molecule has 0 aromatic heterocycles. The lowest BCUT2D eigenvalue weighted by molar-refractivity contribution is 0.119. The molecule has 2 saturated heterocycles. The molecule has 2 atom stereocenters. The topological polar surface area (TPSA) is 43.5 Å². The summed E-state index contributed by atoms with van der Waals surface area (Å²) < 4.78 is 21.4. The molecule has 2 heterocycles. The Labute approximate surface area is 123 Å². The van der Waals surface area contributed by atoms with E-state index in [0.717, 1.165) is 52.5 Å². The predicted octanol–water partition coefficient (Wildman–Crippen LogP) is 2.94. The molecule has 2 fully saturated rings. The van der Waals surface area contributed by atoms with E-state index in [2.05, 4.69) is 0 Å². The van der Waals surface area contributed by atoms with Gasteiger partial charge in [-0.1, -0.05) is 25.7 Å². The molecular weight excluding hydrogens is 256 g/mol. The molecule has 4 heteroatoms. The van der Waals surface area contributed by atoms with Gasteiger partial charge in [-0.25, -0.2) is 0 Å². The van der Waals surface area contributed by atoms with Gasteiger partial charge in [-0.2, -0.15) is 0 Å². The summed E-state index contributed by atoms with van der Waals surface area (Å²) in [7, 11) is 0. The van der Waals surface area contributed by atoms with Gasteiger partial charge in [0.15, 0.2) is 0 Å². The molecule has 0 amide bonds. The molecule has 0 radical (unpaired) electrons. The van der Waals surface area contributed by atoms with Gasteiger partial charge in [0.2, 0.25) is 0 Å². The molecule has 2 aliphatic rings. The highest BCUT2D eigenvalue weighted by molar-refractivity contribution is 4.68. The molecule has 4 nitrogen and oxygen atoms in total. The van der Waals surface area contributed by atoms with E-state index in [0.29, 0.717) is 12.2 Å². The second kappa shape index (κ2) is 10.6. The van der Waals surface area contributed by atoms with Crippen molar-refractivity contribution in [3.63, 3.8) is 0 Å². The predicted molar refractivity (Wildman–Crippen MR) is 78.1 cm³/mol. The highest BCUT2D eigenvalue weighted by Crippen LogP contribution is 2.14. The fourth-order valence-corrected chi connectivity index (χ4v) is 2.22. The quantitative estimate of drug-likeness (QED) is 0.343. The molecule has 0 saturated carbocycles. The van der Waals surface area contributed by atoms with Crippen LogP contribution in [0.25, 0.3) is 0 Å². The molecule has 2 unspecified atom stereocenters. The van der Waals surface area contributed by atoms with Crippen molar-refractivity contribution in [3.8, 4) is 0 Å². The van der Waals surface area contributed by atoms with Crippen molar-refractivity contribution >= 4 is 0 Å². The summed E-state index contributed by atoms with van der Waals surface area (Å²) in [6.07, 6.45) is 10.8. The Hall–Kier alpha value is -0.160. The Balaban J connectivity index is 1.17. The zero-order chi connectivity index (χ0) is 13.9. The van der Waals surface area contributed by atoms with Gasteiger partial charge in [-0.15, -0.1) is 0 Å². The van der Waals surface area contributed by atoms with E-state index >= 15 is 0 Å². The molecule has 0 aliphatic carbocycles. The molecule has 0 aromatic carbocycles. The summed E-state index contributed by atoms with van der Waals surface area (Å²) in [5, 5.41) is 0. The summed E-state index contributed by atoms with van der Waals surface area (Å²) in [5.74, 6) is 0. The lowest BCUT2D eigenvalue weighted by Gasteiger charge is -2.04. The fraction of sp³-hybridized carbons (Fsp3) is 1.00. The number of unbranched alkanes of at least 4 members (excludes halogenated alkanes) is 5. The van der Waals surface area contributed by atoms with Crippen molar-refractivity contribution in [1.82, 2.24) is 0 Å². The lowest BCUT2D eigenvalue weighted by atomic mass is 10.1. The van der Waals surface area contributed by atoms with Gasteiger partial charge in [-0.3, -0.25) is 0 Å². The van der Waals surface area contributed by atoms with E-state index in [-0.39, 0.29) is 0 Å². The largest absolute Gasteiger partial charge is 0.381 e. The first-order valence-corrected chi connectivity index (χ1v) is 8.34. The number of epoxide rings is 2. The average Bonchev–Trinajstić information content (AvgIpc) is 3.34. The van der Waals surface area contributed by atoms with E-state index in [1.54, 1.807) is 0 Å². The number of hydrogen-bond acceptors (Lipinski definition) is 4. The minimum absolute atomic E-state index is 0.508. The summed E-state index contributed by atoms with van der Waals surface area (Å²) >= 11 is 0. The van der Waals surface area contributed by atoms with Gasteiger partial charge in [0.1, 0.15) is 0 Å². The van der Waals surface area contributed by atoms with Gasteiger partial charge < -0.3 is 18.9 Å². The smallest absolute Gasteiger partial charge is 0.0831 e. The monoisotopic (exact) mass is 286 g/mol. The maximum absolute atomic E-state index is 5.57. The van der Waals surface area contributed by atoms with Crippen LogP contribution in [-0.4, -0.2) is 51.8 Å². The molecule has 2 aliphatic heterocycles. The fourth-order valence-electron chi connectivity index (χ4n) is 2.22. The molecule has 20 heavy (non-hydrogen) atoms. The third-order valence-electron chi connectivity index (χ3n) is 3.80. The Morgan fingerprint density at radius 2 is 1.00 bits per heavy atom. The van der Waals surface area contributed by atoms with E-state index in [9.17, 15) is 0 Å². The third kappa shape index (κ3) is 9.70. The highest BCUT2D eigenvalue weighted by Gasteiger charge is 2.21. The molecule has 0 aromatic rings. The Kier molecular flexibility index (Phi) is 8.55. The summed E-state index contributed by atoms with van der Waals surface area (Å²) in [4.78, 5) is 0. The van der Waals surface area contributed by atoms with Crippen LogP contribution in [0.2, 0.25) is 0 Å². The van der Waals surface area contributed by atoms with Crippen LogP contribution in [0.4, 0.5) is 0 Å². The van der Waals surface area contributed by atoms with Crippen LogP contribution >= 0.6 is 0 Å². The number of rotatable bonds is 15. The maximum atomic E-state index is 5.57. The van der Waals surface area contributed by atoms with Crippen molar-refractivity contribution in [2.24, 2.45) is 0 Å². The van der Waals surface area contributed by atoms with Crippen LogP contribution in [0.1, 0.15) is 51.4 Å². The second-order valence-electron chi connectivity index (χ2n) is 5.83. The summed E-state index contributed by atoms with van der Waals surface area (Å²) in [6, 6.07) is 0. The average molecular weight is 286 g/mol. The van der Waals surface area contributed by atoms with Crippen molar-refractivity contribution in [3.05, 3.63) is 0 Å². The van der Waals surface area contributed by atoms with Gasteiger partial charge in [0.05, 0.1) is 25.4 Å². The van der Waals surface area contributed by atoms with Gasteiger partial charge in [0, 0.05) is 26.4 Å². The zero-order valence-corrected chi connectivity index (χ0v) is 12.7. The first-order valence-electron chi connectivity index (χ1n) is 8.34. The SMILES string of the molecule is C(CCCCOCCC1CO1)CCCOCCC1CO1. The van der Waals surface area contributed by atoms with Gasteiger partial charge in [-0.05, 0) is 25.7 Å². The second-order valence-corrected chi connectivity index (χ2v) is 5.83. The summed E-state index contributed by atoms with van der Waals surface area (Å²) in [6.45, 7) is 5.46. The van der Waals surface area contributed by atoms with E-state index in [1.165, 1.54) is 38.5 Å². The minimum Gasteiger partial charge on any atom is -0.381 e. The lowest BCUT2D eigenvalue weighted by Crippen LogP contribution is -2.00. The van der Waals surface area contributed by atoms with Crippen LogP contribution in [0.5, 0.6) is 0 Å². The van der Waals surface area contributed by atoms with E-state index in [4.69, 9.17) is 18.9 Å². The number of hydrogen-bond donors (Lipinski definition) is 0. The Morgan fingerprint density at radius 3 is 1.40 bits per heavy atom. The normalized spacial score (nSPS) is 24.0. The molecule has 0 N–H and O–H groups in total. The minimum atomic E-state index is 0.508.